The van der Waals surface area contributed by atoms with Gasteiger partial charge in [0.2, 0.25) is 10.0 Å². The maximum absolute atomic E-state index is 11.7. The second-order valence-corrected chi connectivity index (χ2v) is 6.45. The van der Waals surface area contributed by atoms with Crippen molar-refractivity contribution in [2.24, 2.45) is 5.92 Å². The van der Waals surface area contributed by atoms with Crippen molar-refractivity contribution in [1.29, 1.82) is 0 Å². The summed E-state index contributed by atoms with van der Waals surface area (Å²) in [6.07, 6.45) is 1.73. The van der Waals surface area contributed by atoms with E-state index in [1.807, 2.05) is 13.8 Å². The summed E-state index contributed by atoms with van der Waals surface area (Å²) >= 11 is 5.49. The molecule has 16 heavy (non-hydrogen) atoms. The highest BCUT2D eigenvalue weighted by Gasteiger charge is 2.19. The van der Waals surface area contributed by atoms with Crippen LogP contribution in [0.4, 0.5) is 0 Å². The molecule has 2 N–H and O–H groups in total. The van der Waals surface area contributed by atoms with Gasteiger partial charge in [-0.3, -0.25) is 0 Å². The Labute approximate surface area is 103 Å². The molecule has 0 aromatic rings. The van der Waals surface area contributed by atoms with Crippen LogP contribution in [0.15, 0.2) is 0 Å². The van der Waals surface area contributed by atoms with Crippen molar-refractivity contribution in [3.8, 4) is 0 Å². The number of unbranched alkanes of at least 4 members (excludes halogenated alkanes) is 1. The van der Waals surface area contributed by atoms with Gasteiger partial charge < -0.3 is 5.11 Å². The van der Waals surface area contributed by atoms with Crippen LogP contribution >= 0.6 is 11.6 Å². The molecule has 0 saturated carbocycles. The number of hydrogen-bond acceptors (Lipinski definition) is 3. The third-order valence-corrected chi connectivity index (χ3v) is 4.13. The highest BCUT2D eigenvalue weighted by Crippen LogP contribution is 2.08. The van der Waals surface area contributed by atoms with Crippen molar-refractivity contribution in [2.45, 2.75) is 39.2 Å². The SMILES string of the molecule is CC(C)C(CCO)NS(=O)(=O)CCCCCl. The molecule has 1 atom stereocenters. The van der Waals surface area contributed by atoms with Crippen molar-refractivity contribution < 1.29 is 13.5 Å². The average molecular weight is 272 g/mol. The lowest BCUT2D eigenvalue weighted by molar-refractivity contribution is 0.256. The molecule has 0 rings (SSSR count). The average Bonchev–Trinajstić information content (AvgIpc) is 2.17. The van der Waals surface area contributed by atoms with Crippen LogP contribution in [-0.4, -0.2) is 37.8 Å². The minimum Gasteiger partial charge on any atom is -0.396 e. The molecule has 0 saturated heterocycles. The summed E-state index contributed by atoms with van der Waals surface area (Å²) in [7, 11) is -3.24. The summed E-state index contributed by atoms with van der Waals surface area (Å²) in [5.41, 5.74) is 0. The van der Waals surface area contributed by atoms with Crippen LogP contribution in [0.3, 0.4) is 0 Å². The van der Waals surface area contributed by atoms with Gasteiger partial charge in [0.05, 0.1) is 5.75 Å². The molecule has 6 heteroatoms. The van der Waals surface area contributed by atoms with Crippen LogP contribution in [-0.2, 0) is 10.0 Å². The van der Waals surface area contributed by atoms with Crippen LogP contribution in [0.1, 0.15) is 33.1 Å². The number of aliphatic hydroxyl groups is 1. The van der Waals surface area contributed by atoms with Gasteiger partial charge in [-0.2, -0.15) is 0 Å². The predicted molar refractivity (Wildman–Crippen MR) is 67.2 cm³/mol. The minimum atomic E-state index is -3.24. The quantitative estimate of drug-likeness (QED) is 0.491. The first-order valence-electron chi connectivity index (χ1n) is 5.59. The Morgan fingerprint density at radius 3 is 2.38 bits per heavy atom. The zero-order chi connectivity index (χ0) is 12.6. The molecule has 0 amide bonds. The Balaban J connectivity index is 4.19. The van der Waals surface area contributed by atoms with E-state index in [9.17, 15) is 8.42 Å². The number of sulfonamides is 1. The number of hydrogen-bond donors (Lipinski definition) is 2. The molecule has 0 aliphatic rings. The molecule has 0 aliphatic heterocycles. The molecule has 0 bridgehead atoms. The highest BCUT2D eigenvalue weighted by atomic mass is 35.5. The first-order chi connectivity index (χ1) is 7.43. The van der Waals surface area contributed by atoms with Gasteiger partial charge in [0.1, 0.15) is 0 Å². The number of rotatable bonds is 9. The summed E-state index contributed by atoms with van der Waals surface area (Å²) in [4.78, 5) is 0. The molecule has 0 fully saturated rings. The summed E-state index contributed by atoms with van der Waals surface area (Å²) < 4.78 is 25.9. The van der Waals surface area contributed by atoms with Crippen molar-refractivity contribution in [3.05, 3.63) is 0 Å². The van der Waals surface area contributed by atoms with Crippen LogP contribution in [0, 0.1) is 5.92 Å². The number of alkyl halides is 1. The Morgan fingerprint density at radius 1 is 1.31 bits per heavy atom. The van der Waals surface area contributed by atoms with Crippen molar-refractivity contribution in [1.82, 2.24) is 4.72 Å². The minimum absolute atomic E-state index is 0.00690. The van der Waals surface area contributed by atoms with Gasteiger partial charge in [-0.25, -0.2) is 13.1 Å². The second-order valence-electron chi connectivity index (χ2n) is 4.20. The zero-order valence-corrected chi connectivity index (χ0v) is 11.5. The van der Waals surface area contributed by atoms with Crippen LogP contribution in [0.2, 0.25) is 0 Å². The number of aliphatic hydroxyl groups excluding tert-OH is 1. The fourth-order valence-corrected chi connectivity index (χ4v) is 3.09. The molecule has 4 nitrogen and oxygen atoms in total. The van der Waals surface area contributed by atoms with E-state index in [1.165, 1.54) is 0 Å². The Kier molecular flexibility index (Phi) is 8.36. The molecule has 0 aromatic carbocycles. The summed E-state index contributed by atoms with van der Waals surface area (Å²) in [6.45, 7) is 3.86. The maximum atomic E-state index is 11.7. The lowest BCUT2D eigenvalue weighted by Gasteiger charge is -2.21. The molecule has 0 aromatic heterocycles. The van der Waals surface area contributed by atoms with E-state index in [2.05, 4.69) is 4.72 Å². The lowest BCUT2D eigenvalue weighted by atomic mass is 10.0. The van der Waals surface area contributed by atoms with Crippen LogP contribution < -0.4 is 4.72 Å². The fraction of sp³-hybridized carbons (Fsp3) is 1.00. The number of nitrogens with one attached hydrogen (secondary N) is 1. The van der Waals surface area contributed by atoms with Crippen LogP contribution in [0.5, 0.6) is 0 Å². The van der Waals surface area contributed by atoms with Gasteiger partial charge in [-0.1, -0.05) is 13.8 Å². The molecule has 0 heterocycles. The van der Waals surface area contributed by atoms with Gasteiger partial charge in [-0.05, 0) is 25.2 Å². The normalized spacial score (nSPS) is 14.3. The van der Waals surface area contributed by atoms with E-state index in [1.54, 1.807) is 0 Å². The maximum Gasteiger partial charge on any atom is 0.211 e. The first-order valence-corrected chi connectivity index (χ1v) is 7.78. The third kappa shape index (κ3) is 7.44. The van der Waals surface area contributed by atoms with Crippen molar-refractivity contribution in [3.63, 3.8) is 0 Å². The van der Waals surface area contributed by atoms with Crippen molar-refractivity contribution >= 4 is 21.6 Å². The van der Waals surface area contributed by atoms with Gasteiger partial charge in [0.15, 0.2) is 0 Å². The lowest BCUT2D eigenvalue weighted by Crippen LogP contribution is -2.40. The Morgan fingerprint density at radius 2 is 1.94 bits per heavy atom. The van der Waals surface area contributed by atoms with E-state index in [0.29, 0.717) is 25.1 Å². The molecule has 98 valence electrons. The van der Waals surface area contributed by atoms with Gasteiger partial charge in [-0.15, -0.1) is 11.6 Å². The topological polar surface area (TPSA) is 66.4 Å². The van der Waals surface area contributed by atoms with E-state index in [4.69, 9.17) is 16.7 Å². The van der Waals surface area contributed by atoms with E-state index < -0.39 is 10.0 Å². The Bertz CT molecular complexity index is 267. The van der Waals surface area contributed by atoms with Crippen LogP contribution in [0.25, 0.3) is 0 Å². The second kappa shape index (κ2) is 8.28. The molecule has 0 aliphatic carbocycles. The smallest absolute Gasteiger partial charge is 0.211 e. The van der Waals surface area contributed by atoms with Gasteiger partial charge in [0.25, 0.3) is 0 Å². The highest BCUT2D eigenvalue weighted by molar-refractivity contribution is 7.89. The summed E-state index contributed by atoms with van der Waals surface area (Å²) in [5, 5.41) is 8.84. The monoisotopic (exact) mass is 271 g/mol. The third-order valence-electron chi connectivity index (χ3n) is 2.37. The molecule has 0 radical (unpaired) electrons. The fourth-order valence-electron chi connectivity index (χ4n) is 1.34. The van der Waals surface area contributed by atoms with Gasteiger partial charge in [0, 0.05) is 18.5 Å². The molecule has 0 spiro atoms. The van der Waals surface area contributed by atoms with Gasteiger partial charge >= 0.3 is 0 Å². The largest absolute Gasteiger partial charge is 0.396 e. The standard InChI is InChI=1S/C10H22ClNO3S/c1-9(2)10(5-7-13)12-16(14,15)8-4-3-6-11/h9-10,12-13H,3-8H2,1-2H3. The predicted octanol–water partition coefficient (Wildman–Crippen LogP) is 1.33. The zero-order valence-electron chi connectivity index (χ0n) is 9.95. The molecular weight excluding hydrogens is 250 g/mol. The van der Waals surface area contributed by atoms with E-state index in [-0.39, 0.29) is 24.3 Å². The van der Waals surface area contributed by atoms with Crippen molar-refractivity contribution in [2.75, 3.05) is 18.2 Å². The summed E-state index contributed by atoms with van der Waals surface area (Å²) in [6, 6.07) is -0.189. The molecular formula is C10H22ClNO3S. The Hall–Kier alpha value is 0.160. The summed E-state index contributed by atoms with van der Waals surface area (Å²) in [5.74, 6) is 0.767. The molecule has 1 unspecified atom stereocenters. The number of halogens is 1. The first kappa shape index (κ1) is 16.2. The van der Waals surface area contributed by atoms with E-state index in [0.717, 1.165) is 0 Å². The van der Waals surface area contributed by atoms with E-state index >= 15 is 0 Å².